The zero-order valence-electron chi connectivity index (χ0n) is 14.0. The van der Waals surface area contributed by atoms with Crippen LogP contribution in [0, 0.1) is 5.82 Å². The third kappa shape index (κ3) is 3.71. The summed E-state index contributed by atoms with van der Waals surface area (Å²) in [5.41, 5.74) is -0.549. The summed E-state index contributed by atoms with van der Waals surface area (Å²) in [6, 6.07) is 2.90. The maximum atomic E-state index is 14.1. The summed E-state index contributed by atoms with van der Waals surface area (Å²) in [6.07, 6.45) is -1.37. The first-order valence-corrected chi connectivity index (χ1v) is 9.52. The van der Waals surface area contributed by atoms with Crippen molar-refractivity contribution in [2.45, 2.75) is 30.4 Å². The van der Waals surface area contributed by atoms with E-state index in [1.807, 2.05) is 0 Å². The lowest BCUT2D eigenvalue weighted by molar-refractivity contribution is -0.147. The Morgan fingerprint density at radius 2 is 2.00 bits per heavy atom. The largest absolute Gasteiger partial charge is 0.460 e. The number of morpholine rings is 1. The van der Waals surface area contributed by atoms with Gasteiger partial charge in [-0.2, -0.15) is 4.31 Å². The van der Waals surface area contributed by atoms with Crippen LogP contribution in [0.2, 0.25) is 0 Å². The summed E-state index contributed by atoms with van der Waals surface area (Å²) in [4.78, 5) is 23.6. The van der Waals surface area contributed by atoms with E-state index in [-0.39, 0.29) is 37.6 Å². The molecule has 10 heteroatoms. The van der Waals surface area contributed by atoms with Crippen molar-refractivity contribution < 1.29 is 36.6 Å². The molecule has 3 rings (SSSR count). The highest BCUT2D eigenvalue weighted by Gasteiger charge is 2.36. The first kappa shape index (κ1) is 18.7. The molecule has 2 aliphatic rings. The zero-order valence-corrected chi connectivity index (χ0v) is 14.8. The Morgan fingerprint density at radius 3 is 2.62 bits per heavy atom. The highest BCUT2D eigenvalue weighted by molar-refractivity contribution is 7.89. The first-order chi connectivity index (χ1) is 12.3. The molecular weight excluding hydrogens is 369 g/mol. The van der Waals surface area contributed by atoms with Gasteiger partial charge in [-0.3, -0.25) is 0 Å². The third-order valence-corrected chi connectivity index (χ3v) is 6.04. The Morgan fingerprint density at radius 1 is 1.31 bits per heavy atom. The van der Waals surface area contributed by atoms with Crippen LogP contribution in [0.3, 0.4) is 0 Å². The van der Waals surface area contributed by atoms with E-state index in [1.165, 1.54) is 4.31 Å². The van der Waals surface area contributed by atoms with Crippen LogP contribution in [0.1, 0.15) is 23.7 Å². The van der Waals surface area contributed by atoms with Crippen LogP contribution in [0.4, 0.5) is 4.39 Å². The molecule has 2 aliphatic heterocycles. The molecule has 1 aromatic rings. The number of esters is 2. The summed E-state index contributed by atoms with van der Waals surface area (Å²) in [5.74, 6) is -2.75. The number of benzene rings is 1. The van der Waals surface area contributed by atoms with Gasteiger partial charge in [0.05, 0.1) is 23.7 Å². The second-order valence-corrected chi connectivity index (χ2v) is 7.97. The second-order valence-electron chi connectivity index (χ2n) is 6.04. The van der Waals surface area contributed by atoms with Crippen LogP contribution in [0.5, 0.6) is 0 Å². The molecule has 2 saturated heterocycles. The van der Waals surface area contributed by atoms with Gasteiger partial charge in [0.1, 0.15) is 11.9 Å². The predicted molar refractivity (Wildman–Crippen MR) is 85.4 cm³/mol. The molecule has 0 bridgehead atoms. The molecule has 0 aliphatic carbocycles. The monoisotopic (exact) mass is 387 g/mol. The molecule has 2 heterocycles. The maximum Gasteiger partial charge on any atom is 0.347 e. The number of hydrogen-bond donors (Lipinski definition) is 0. The van der Waals surface area contributed by atoms with Crippen LogP contribution >= 0.6 is 0 Å². The van der Waals surface area contributed by atoms with Crippen LogP contribution in [0.15, 0.2) is 23.1 Å². The summed E-state index contributed by atoms with van der Waals surface area (Å²) in [6.45, 7) is 2.51. The van der Waals surface area contributed by atoms with E-state index in [0.717, 1.165) is 18.2 Å². The molecular formula is C16H18FNO7S. The Bertz CT molecular complexity index is 820. The fraction of sp³-hybridized carbons (Fsp3) is 0.500. The predicted octanol–water partition coefficient (Wildman–Crippen LogP) is 0.707. The number of ether oxygens (including phenoxy) is 3. The van der Waals surface area contributed by atoms with Gasteiger partial charge in [-0.25, -0.2) is 22.4 Å². The van der Waals surface area contributed by atoms with Gasteiger partial charge in [-0.15, -0.1) is 0 Å². The van der Waals surface area contributed by atoms with Crippen molar-refractivity contribution in [3.8, 4) is 0 Å². The van der Waals surface area contributed by atoms with Crippen molar-refractivity contribution in [1.29, 1.82) is 0 Å². The number of nitrogens with zero attached hydrogens (tertiary/aromatic N) is 1. The fourth-order valence-electron chi connectivity index (χ4n) is 2.77. The van der Waals surface area contributed by atoms with Crippen molar-refractivity contribution in [2.75, 3.05) is 26.3 Å². The minimum absolute atomic E-state index is 0.165. The summed E-state index contributed by atoms with van der Waals surface area (Å²) >= 11 is 0. The van der Waals surface area contributed by atoms with Crippen LogP contribution < -0.4 is 0 Å². The molecule has 1 aromatic carbocycles. The fourth-order valence-corrected chi connectivity index (χ4v) is 4.20. The average Bonchev–Trinajstić information content (AvgIpc) is 2.93. The van der Waals surface area contributed by atoms with Crippen LogP contribution in [-0.2, 0) is 29.0 Å². The SMILES string of the molecule is C[C@@H]1C[C@H](OC(=O)c2cc(S(=O)(=O)N3CCOCC3)ccc2F)C(=O)O1. The van der Waals surface area contributed by atoms with E-state index in [4.69, 9.17) is 14.2 Å². The highest BCUT2D eigenvalue weighted by atomic mass is 32.2. The van der Waals surface area contributed by atoms with Crippen molar-refractivity contribution in [3.05, 3.63) is 29.6 Å². The van der Waals surface area contributed by atoms with Gasteiger partial charge < -0.3 is 14.2 Å². The van der Waals surface area contributed by atoms with Crippen molar-refractivity contribution >= 4 is 22.0 Å². The molecule has 0 saturated carbocycles. The van der Waals surface area contributed by atoms with Crippen LogP contribution in [-0.4, -0.2) is 63.2 Å². The summed E-state index contributed by atoms with van der Waals surface area (Å²) in [7, 11) is -3.89. The van der Waals surface area contributed by atoms with Crippen molar-refractivity contribution in [1.82, 2.24) is 4.31 Å². The lowest BCUT2D eigenvalue weighted by Gasteiger charge is -2.26. The molecule has 0 spiro atoms. The number of halogens is 1. The quantitative estimate of drug-likeness (QED) is 0.702. The average molecular weight is 387 g/mol. The molecule has 0 N–H and O–H groups in total. The van der Waals surface area contributed by atoms with Gasteiger partial charge in [0.25, 0.3) is 0 Å². The molecule has 0 unspecified atom stereocenters. The molecule has 8 nitrogen and oxygen atoms in total. The lowest BCUT2D eigenvalue weighted by atomic mass is 10.2. The summed E-state index contributed by atoms with van der Waals surface area (Å²) in [5, 5.41) is 0. The van der Waals surface area contributed by atoms with Crippen molar-refractivity contribution in [2.24, 2.45) is 0 Å². The van der Waals surface area contributed by atoms with Crippen LogP contribution in [0.25, 0.3) is 0 Å². The molecule has 142 valence electrons. The van der Waals surface area contributed by atoms with E-state index in [9.17, 15) is 22.4 Å². The third-order valence-electron chi connectivity index (χ3n) is 4.14. The summed E-state index contributed by atoms with van der Waals surface area (Å²) < 4.78 is 55.5. The van der Waals surface area contributed by atoms with Gasteiger partial charge in [-0.1, -0.05) is 0 Å². The number of hydrogen-bond acceptors (Lipinski definition) is 7. The molecule has 2 fully saturated rings. The Kier molecular flexibility index (Phi) is 5.26. The first-order valence-electron chi connectivity index (χ1n) is 8.08. The van der Waals surface area contributed by atoms with E-state index >= 15 is 0 Å². The molecule has 0 aromatic heterocycles. The van der Waals surface area contributed by atoms with E-state index < -0.39 is 45.6 Å². The molecule has 2 atom stereocenters. The smallest absolute Gasteiger partial charge is 0.347 e. The normalized spacial score (nSPS) is 24.3. The Hall–Kier alpha value is -2.04. The van der Waals surface area contributed by atoms with E-state index in [2.05, 4.69) is 0 Å². The number of carbonyl (C=O) groups excluding carboxylic acids is 2. The lowest BCUT2D eigenvalue weighted by Crippen LogP contribution is -2.40. The molecule has 0 radical (unpaired) electrons. The topological polar surface area (TPSA) is 99.2 Å². The van der Waals surface area contributed by atoms with Gasteiger partial charge in [0.2, 0.25) is 16.1 Å². The minimum atomic E-state index is -3.89. The second kappa shape index (κ2) is 7.29. The van der Waals surface area contributed by atoms with E-state index in [0.29, 0.717) is 0 Å². The highest BCUT2D eigenvalue weighted by Crippen LogP contribution is 2.23. The Labute approximate surface area is 149 Å². The number of sulfonamides is 1. The minimum Gasteiger partial charge on any atom is -0.460 e. The number of cyclic esters (lactones) is 1. The maximum absolute atomic E-state index is 14.1. The standard InChI is InChI=1S/C16H18FNO7S/c1-10-8-14(16(20)24-10)25-15(19)12-9-11(2-3-13(12)17)26(21,22)18-4-6-23-7-5-18/h2-3,9-10,14H,4-8H2,1H3/t10-,14+/m1/s1. The molecule has 0 amide bonds. The van der Waals surface area contributed by atoms with Gasteiger partial charge >= 0.3 is 11.9 Å². The zero-order chi connectivity index (χ0) is 18.9. The number of rotatable bonds is 4. The van der Waals surface area contributed by atoms with Gasteiger partial charge in [0.15, 0.2) is 0 Å². The van der Waals surface area contributed by atoms with Gasteiger partial charge in [0, 0.05) is 19.5 Å². The van der Waals surface area contributed by atoms with Gasteiger partial charge in [-0.05, 0) is 25.1 Å². The van der Waals surface area contributed by atoms with E-state index in [1.54, 1.807) is 6.92 Å². The number of carbonyl (C=O) groups is 2. The molecule has 26 heavy (non-hydrogen) atoms. The Balaban J connectivity index is 1.83. The van der Waals surface area contributed by atoms with Crippen molar-refractivity contribution in [3.63, 3.8) is 0 Å².